The van der Waals surface area contributed by atoms with Crippen molar-refractivity contribution in [2.45, 2.75) is 24.8 Å². The first kappa shape index (κ1) is 14.2. The molecule has 1 N–H and O–H groups in total. The second-order valence-corrected chi connectivity index (χ2v) is 5.94. The molecule has 0 radical (unpaired) electrons. The topological polar surface area (TPSA) is 87.0 Å². The van der Waals surface area contributed by atoms with E-state index in [-0.39, 0.29) is 29.5 Å². The Bertz CT molecular complexity index is 556. The van der Waals surface area contributed by atoms with E-state index in [9.17, 15) is 13.2 Å². The van der Waals surface area contributed by atoms with Crippen molar-refractivity contribution >= 4 is 15.7 Å². The van der Waals surface area contributed by atoms with Crippen LogP contribution < -0.4 is 5.32 Å². The highest BCUT2D eigenvalue weighted by Gasteiger charge is 2.10. The van der Waals surface area contributed by atoms with Crippen molar-refractivity contribution < 1.29 is 13.2 Å². The van der Waals surface area contributed by atoms with Gasteiger partial charge in [-0.15, -0.1) is 0 Å². The summed E-state index contributed by atoms with van der Waals surface area (Å²) in [5.41, 5.74) is 0.788. The minimum absolute atomic E-state index is 0.0608. The number of carbonyl (C=O) groups is 1. The van der Waals surface area contributed by atoms with Gasteiger partial charge in [-0.05, 0) is 17.7 Å². The average Bonchev–Trinajstić information content (AvgIpc) is 2.37. The smallest absolute Gasteiger partial charge is 0.234 e. The molecule has 18 heavy (non-hydrogen) atoms. The molecule has 0 unspecified atom stereocenters. The largest absolute Gasteiger partial charge is 0.351 e. The molecule has 0 saturated carbocycles. The SMILES string of the molecule is CCS(=O)(=O)c1ccc(CNC(=O)CC#N)cc1. The molecule has 0 bridgehead atoms. The second-order valence-electron chi connectivity index (χ2n) is 3.66. The third-order valence-electron chi connectivity index (χ3n) is 2.39. The van der Waals surface area contributed by atoms with Gasteiger partial charge in [0.15, 0.2) is 9.84 Å². The van der Waals surface area contributed by atoms with Crippen molar-refractivity contribution in [3.63, 3.8) is 0 Å². The van der Waals surface area contributed by atoms with Gasteiger partial charge >= 0.3 is 0 Å². The molecule has 0 aliphatic rings. The number of benzene rings is 1. The number of rotatable bonds is 5. The van der Waals surface area contributed by atoms with Crippen LogP contribution in [0.3, 0.4) is 0 Å². The predicted octanol–water partition coefficient (Wildman–Crippen LogP) is 1.01. The molecule has 5 nitrogen and oxygen atoms in total. The molecule has 0 heterocycles. The zero-order chi connectivity index (χ0) is 13.6. The standard InChI is InChI=1S/C12H14N2O3S/c1-2-18(16,17)11-5-3-10(4-6-11)9-14-12(15)7-8-13/h3-6H,2,7,9H2,1H3,(H,14,15). The van der Waals surface area contributed by atoms with Gasteiger partial charge in [0.2, 0.25) is 5.91 Å². The van der Waals surface area contributed by atoms with Crippen molar-refractivity contribution in [3.05, 3.63) is 29.8 Å². The normalized spacial score (nSPS) is 10.7. The highest BCUT2D eigenvalue weighted by atomic mass is 32.2. The zero-order valence-electron chi connectivity index (χ0n) is 10.0. The van der Waals surface area contributed by atoms with Crippen molar-refractivity contribution in [1.29, 1.82) is 5.26 Å². The third-order valence-corrected chi connectivity index (χ3v) is 4.14. The molecule has 0 fully saturated rings. The van der Waals surface area contributed by atoms with E-state index in [0.717, 1.165) is 5.56 Å². The second kappa shape index (κ2) is 6.17. The van der Waals surface area contributed by atoms with Gasteiger partial charge in [0.25, 0.3) is 0 Å². The number of carbonyl (C=O) groups excluding carboxylic acids is 1. The summed E-state index contributed by atoms with van der Waals surface area (Å²) in [7, 11) is -3.19. The molecule has 0 atom stereocenters. The van der Waals surface area contributed by atoms with E-state index in [2.05, 4.69) is 5.32 Å². The van der Waals surface area contributed by atoms with Gasteiger partial charge in [0.1, 0.15) is 6.42 Å². The Labute approximate surface area is 106 Å². The minimum Gasteiger partial charge on any atom is -0.351 e. The lowest BCUT2D eigenvalue weighted by Crippen LogP contribution is -2.21. The lowest BCUT2D eigenvalue weighted by atomic mass is 10.2. The Morgan fingerprint density at radius 1 is 1.33 bits per heavy atom. The van der Waals surface area contributed by atoms with Crippen LogP contribution in [0.15, 0.2) is 29.2 Å². The summed E-state index contributed by atoms with van der Waals surface area (Å²) in [6.45, 7) is 1.87. The van der Waals surface area contributed by atoms with Gasteiger partial charge in [0, 0.05) is 6.54 Å². The molecule has 0 aliphatic carbocycles. The number of nitrogens with one attached hydrogen (secondary N) is 1. The van der Waals surface area contributed by atoms with Crippen molar-refractivity contribution in [1.82, 2.24) is 5.32 Å². The number of nitrogens with zero attached hydrogens (tertiary/aromatic N) is 1. The monoisotopic (exact) mass is 266 g/mol. The quantitative estimate of drug-likeness (QED) is 0.861. The molecule has 0 saturated heterocycles. The number of hydrogen-bond donors (Lipinski definition) is 1. The molecule has 0 aliphatic heterocycles. The molecular formula is C12H14N2O3S. The van der Waals surface area contributed by atoms with E-state index in [0.29, 0.717) is 0 Å². The summed E-state index contributed by atoms with van der Waals surface area (Å²) < 4.78 is 23.1. The predicted molar refractivity (Wildman–Crippen MR) is 66.2 cm³/mol. The molecule has 1 aromatic carbocycles. The molecule has 1 rings (SSSR count). The highest BCUT2D eigenvalue weighted by Crippen LogP contribution is 2.12. The van der Waals surface area contributed by atoms with E-state index in [4.69, 9.17) is 5.26 Å². The van der Waals surface area contributed by atoms with Crippen LogP contribution >= 0.6 is 0 Å². The van der Waals surface area contributed by atoms with Gasteiger partial charge in [-0.2, -0.15) is 5.26 Å². The Morgan fingerprint density at radius 2 is 1.94 bits per heavy atom. The van der Waals surface area contributed by atoms with Crippen LogP contribution in [0.2, 0.25) is 0 Å². The fourth-order valence-electron chi connectivity index (χ4n) is 1.32. The molecular weight excluding hydrogens is 252 g/mol. The first-order valence-corrected chi connectivity index (χ1v) is 7.10. The Hall–Kier alpha value is -1.87. The Balaban J connectivity index is 2.68. The lowest BCUT2D eigenvalue weighted by Gasteiger charge is -2.05. The first-order valence-electron chi connectivity index (χ1n) is 5.45. The number of sulfone groups is 1. The number of amides is 1. The lowest BCUT2D eigenvalue weighted by molar-refractivity contribution is -0.120. The molecule has 0 aromatic heterocycles. The van der Waals surface area contributed by atoms with Crippen molar-refractivity contribution in [2.75, 3.05) is 5.75 Å². The van der Waals surface area contributed by atoms with Crippen LogP contribution in [-0.4, -0.2) is 20.1 Å². The van der Waals surface area contributed by atoms with Gasteiger partial charge < -0.3 is 5.32 Å². The number of nitriles is 1. The van der Waals surface area contributed by atoms with Crippen molar-refractivity contribution in [3.8, 4) is 6.07 Å². The fourth-order valence-corrected chi connectivity index (χ4v) is 2.20. The first-order chi connectivity index (χ1) is 8.49. The van der Waals surface area contributed by atoms with Crippen molar-refractivity contribution in [2.24, 2.45) is 0 Å². The maximum atomic E-state index is 11.6. The van der Waals surface area contributed by atoms with Crippen LogP contribution in [-0.2, 0) is 21.2 Å². The van der Waals surface area contributed by atoms with Gasteiger partial charge in [-0.25, -0.2) is 8.42 Å². The molecule has 1 aromatic rings. The van der Waals surface area contributed by atoms with E-state index in [1.165, 1.54) is 12.1 Å². The summed E-state index contributed by atoms with van der Waals surface area (Å²) in [4.78, 5) is 11.3. The molecule has 96 valence electrons. The highest BCUT2D eigenvalue weighted by molar-refractivity contribution is 7.91. The van der Waals surface area contributed by atoms with Crippen LogP contribution in [0.5, 0.6) is 0 Å². The molecule has 1 amide bonds. The summed E-state index contributed by atoms with van der Waals surface area (Å²) >= 11 is 0. The van der Waals surface area contributed by atoms with Gasteiger partial charge in [-0.3, -0.25) is 4.79 Å². The average molecular weight is 266 g/mol. The number of hydrogen-bond acceptors (Lipinski definition) is 4. The maximum Gasteiger partial charge on any atom is 0.234 e. The third kappa shape index (κ3) is 3.86. The van der Waals surface area contributed by atoms with Crippen LogP contribution in [0.4, 0.5) is 0 Å². The fraction of sp³-hybridized carbons (Fsp3) is 0.333. The summed E-state index contributed by atoms with van der Waals surface area (Å²) in [5, 5.41) is 10.9. The van der Waals surface area contributed by atoms with Gasteiger partial charge in [-0.1, -0.05) is 19.1 Å². The zero-order valence-corrected chi connectivity index (χ0v) is 10.8. The maximum absolute atomic E-state index is 11.6. The van der Waals surface area contributed by atoms with E-state index < -0.39 is 9.84 Å². The molecule has 0 spiro atoms. The Morgan fingerprint density at radius 3 is 2.44 bits per heavy atom. The van der Waals surface area contributed by atoms with E-state index in [1.54, 1.807) is 25.1 Å². The van der Waals surface area contributed by atoms with Gasteiger partial charge in [0.05, 0.1) is 16.7 Å². The van der Waals surface area contributed by atoms with E-state index >= 15 is 0 Å². The summed E-state index contributed by atoms with van der Waals surface area (Å²) in [5.74, 6) is -0.284. The van der Waals surface area contributed by atoms with Crippen LogP contribution in [0.1, 0.15) is 18.9 Å². The minimum atomic E-state index is -3.19. The summed E-state index contributed by atoms with van der Waals surface area (Å²) in [6.07, 6.45) is -0.178. The van der Waals surface area contributed by atoms with Crippen LogP contribution in [0, 0.1) is 11.3 Å². The van der Waals surface area contributed by atoms with E-state index in [1.807, 2.05) is 0 Å². The van der Waals surface area contributed by atoms with Crippen LogP contribution in [0.25, 0.3) is 0 Å². The Kier molecular flexibility index (Phi) is 4.86. The summed E-state index contributed by atoms with van der Waals surface area (Å²) in [6, 6.07) is 8.08. The molecule has 6 heteroatoms.